The van der Waals surface area contributed by atoms with E-state index in [1.54, 1.807) is 19.2 Å². The Bertz CT molecular complexity index is 1210. The van der Waals surface area contributed by atoms with Crippen LogP contribution in [0.25, 0.3) is 0 Å². The molecule has 9 nitrogen and oxygen atoms in total. The molecule has 202 valence electrons. The summed E-state index contributed by atoms with van der Waals surface area (Å²) in [6, 6.07) is 12.6. The van der Waals surface area contributed by atoms with Crippen molar-refractivity contribution in [2.75, 3.05) is 46.8 Å². The van der Waals surface area contributed by atoms with Gasteiger partial charge in [-0.3, -0.25) is 14.4 Å². The molecule has 5 rings (SSSR count). The summed E-state index contributed by atoms with van der Waals surface area (Å²) in [5.74, 6) is 0.799. The van der Waals surface area contributed by atoms with E-state index in [1.165, 1.54) is 4.90 Å². The van der Waals surface area contributed by atoms with Crippen LogP contribution in [0.15, 0.2) is 42.5 Å². The molecule has 0 saturated carbocycles. The SMILES string of the molecule is Cc1ccc2cc1Oc1cccc(c1)CO[C@H]1CN(C(=O)C3CCN(C)CC3)C[C@@H]1NC(=O)CN(C)C2=O. The monoisotopic (exact) mass is 520 g/mol. The number of rotatable bonds is 1. The van der Waals surface area contributed by atoms with Gasteiger partial charge < -0.3 is 29.5 Å². The van der Waals surface area contributed by atoms with Gasteiger partial charge in [0.1, 0.15) is 11.5 Å². The van der Waals surface area contributed by atoms with E-state index in [4.69, 9.17) is 9.47 Å². The maximum Gasteiger partial charge on any atom is 0.254 e. The third-order valence-corrected chi connectivity index (χ3v) is 7.74. The summed E-state index contributed by atoms with van der Waals surface area (Å²) < 4.78 is 12.4. The number of nitrogens with one attached hydrogen (secondary N) is 1. The topological polar surface area (TPSA) is 91.4 Å². The number of likely N-dealkylation sites (N-methyl/N-ethyl adjacent to an activating group) is 1. The van der Waals surface area contributed by atoms with Crippen LogP contribution in [-0.2, 0) is 20.9 Å². The predicted octanol–water partition coefficient (Wildman–Crippen LogP) is 2.43. The van der Waals surface area contributed by atoms with Crippen molar-refractivity contribution >= 4 is 17.7 Å². The van der Waals surface area contributed by atoms with Crippen LogP contribution >= 0.6 is 0 Å². The number of ether oxygens (including phenoxy) is 2. The Kier molecular flexibility index (Phi) is 7.67. The van der Waals surface area contributed by atoms with Crippen LogP contribution in [0.1, 0.15) is 34.3 Å². The first-order chi connectivity index (χ1) is 18.3. The largest absolute Gasteiger partial charge is 0.457 e. The number of likely N-dealkylation sites (tertiary alicyclic amines) is 2. The zero-order valence-corrected chi connectivity index (χ0v) is 22.3. The van der Waals surface area contributed by atoms with Crippen molar-refractivity contribution in [2.45, 2.75) is 38.5 Å². The third-order valence-electron chi connectivity index (χ3n) is 7.74. The minimum absolute atomic E-state index is 0.000978. The van der Waals surface area contributed by atoms with E-state index in [1.807, 2.05) is 42.2 Å². The fourth-order valence-corrected chi connectivity index (χ4v) is 5.41. The van der Waals surface area contributed by atoms with Gasteiger partial charge in [0.25, 0.3) is 5.91 Å². The number of fused-ring (bicyclic) bond motifs is 5. The normalized spacial score (nSPS) is 23.6. The summed E-state index contributed by atoms with van der Waals surface area (Å²) in [7, 11) is 3.68. The molecule has 4 bridgehead atoms. The second kappa shape index (κ2) is 11.1. The fourth-order valence-electron chi connectivity index (χ4n) is 5.41. The van der Waals surface area contributed by atoms with Crippen molar-refractivity contribution in [1.29, 1.82) is 0 Å². The summed E-state index contributed by atoms with van der Waals surface area (Å²) in [6.07, 6.45) is 1.32. The number of nitrogens with zero attached hydrogens (tertiary/aromatic N) is 3. The van der Waals surface area contributed by atoms with Gasteiger partial charge in [-0.1, -0.05) is 18.2 Å². The van der Waals surface area contributed by atoms with E-state index >= 15 is 0 Å². The quantitative estimate of drug-likeness (QED) is 0.621. The smallest absolute Gasteiger partial charge is 0.254 e. The molecule has 2 fully saturated rings. The summed E-state index contributed by atoms with van der Waals surface area (Å²) in [5.41, 5.74) is 2.26. The van der Waals surface area contributed by atoms with Gasteiger partial charge in [0.05, 0.1) is 25.3 Å². The third kappa shape index (κ3) is 5.84. The van der Waals surface area contributed by atoms with Crippen LogP contribution in [0.2, 0.25) is 0 Å². The summed E-state index contributed by atoms with van der Waals surface area (Å²) >= 11 is 0. The van der Waals surface area contributed by atoms with Crippen molar-refractivity contribution in [3.63, 3.8) is 0 Å². The van der Waals surface area contributed by atoms with Crippen LogP contribution in [0.4, 0.5) is 0 Å². The average molecular weight is 521 g/mol. The molecular weight excluding hydrogens is 484 g/mol. The molecule has 0 radical (unpaired) electrons. The van der Waals surface area contributed by atoms with Crippen LogP contribution in [0.5, 0.6) is 11.5 Å². The van der Waals surface area contributed by atoms with Gasteiger partial charge >= 0.3 is 0 Å². The van der Waals surface area contributed by atoms with E-state index in [2.05, 4.69) is 17.3 Å². The molecule has 2 saturated heterocycles. The number of carbonyl (C=O) groups is 3. The van der Waals surface area contributed by atoms with Gasteiger partial charge in [0.15, 0.2) is 0 Å². The van der Waals surface area contributed by atoms with Crippen LogP contribution in [0.3, 0.4) is 0 Å². The highest BCUT2D eigenvalue weighted by atomic mass is 16.5. The van der Waals surface area contributed by atoms with Crippen molar-refractivity contribution < 1.29 is 23.9 Å². The number of amides is 3. The zero-order valence-electron chi connectivity index (χ0n) is 22.3. The van der Waals surface area contributed by atoms with Gasteiger partial charge in [0.2, 0.25) is 11.8 Å². The molecule has 2 aromatic carbocycles. The zero-order chi connectivity index (χ0) is 26.8. The summed E-state index contributed by atoms with van der Waals surface area (Å²) in [4.78, 5) is 44.9. The Morgan fingerprint density at radius 3 is 2.61 bits per heavy atom. The van der Waals surface area contributed by atoms with Crippen molar-refractivity contribution in [2.24, 2.45) is 5.92 Å². The van der Waals surface area contributed by atoms with E-state index in [0.717, 1.165) is 37.1 Å². The molecule has 0 unspecified atom stereocenters. The first-order valence-electron chi connectivity index (χ1n) is 13.3. The highest BCUT2D eigenvalue weighted by Crippen LogP contribution is 2.28. The Morgan fingerprint density at radius 1 is 1.03 bits per heavy atom. The number of hydrogen-bond donors (Lipinski definition) is 1. The Hall–Kier alpha value is -3.43. The van der Waals surface area contributed by atoms with Gasteiger partial charge in [-0.05, 0) is 75.3 Å². The molecule has 3 aliphatic rings. The number of hydrogen-bond acceptors (Lipinski definition) is 6. The molecule has 3 aliphatic heterocycles. The van der Waals surface area contributed by atoms with Gasteiger partial charge in [-0.25, -0.2) is 0 Å². The Morgan fingerprint density at radius 2 is 1.82 bits per heavy atom. The highest BCUT2D eigenvalue weighted by Gasteiger charge is 2.39. The first kappa shape index (κ1) is 26.2. The maximum absolute atomic E-state index is 13.3. The minimum Gasteiger partial charge on any atom is -0.457 e. The van der Waals surface area contributed by atoms with E-state index < -0.39 is 0 Å². The molecular formula is C29H36N4O5. The molecule has 9 heteroatoms. The fraction of sp³-hybridized carbons (Fsp3) is 0.483. The van der Waals surface area contributed by atoms with E-state index in [9.17, 15) is 14.4 Å². The van der Waals surface area contributed by atoms with E-state index in [-0.39, 0.29) is 42.3 Å². The molecule has 2 aromatic rings. The number of carbonyl (C=O) groups excluding carboxylic acids is 3. The molecule has 38 heavy (non-hydrogen) atoms. The lowest BCUT2D eigenvalue weighted by Crippen LogP contribution is -2.48. The molecule has 0 spiro atoms. The molecule has 3 amide bonds. The predicted molar refractivity (Wildman–Crippen MR) is 142 cm³/mol. The van der Waals surface area contributed by atoms with Gasteiger partial charge in [-0.15, -0.1) is 0 Å². The molecule has 3 heterocycles. The van der Waals surface area contributed by atoms with Crippen molar-refractivity contribution in [1.82, 2.24) is 20.0 Å². The number of piperidine rings is 1. The second-order valence-corrected chi connectivity index (χ2v) is 10.7. The molecule has 0 aliphatic carbocycles. The molecule has 0 aromatic heterocycles. The Balaban J connectivity index is 1.38. The van der Waals surface area contributed by atoms with E-state index in [0.29, 0.717) is 36.8 Å². The second-order valence-electron chi connectivity index (χ2n) is 10.7. The lowest BCUT2D eigenvalue weighted by Gasteiger charge is -2.30. The number of aryl methyl sites for hydroxylation is 1. The molecule has 2 atom stereocenters. The van der Waals surface area contributed by atoms with Crippen LogP contribution < -0.4 is 10.1 Å². The lowest BCUT2D eigenvalue weighted by molar-refractivity contribution is -0.136. The summed E-state index contributed by atoms with van der Waals surface area (Å²) in [5, 5.41) is 3.04. The maximum atomic E-state index is 13.3. The minimum atomic E-state index is -0.362. The average Bonchev–Trinajstić information content (AvgIpc) is 3.30. The van der Waals surface area contributed by atoms with Gasteiger partial charge in [-0.2, -0.15) is 0 Å². The standard InChI is InChI=1S/C29H36N4O5/c1-19-7-8-22-14-25(19)38-23-6-4-5-20(13-23)18-37-26-16-33(29(36)21-9-11-31(2)12-10-21)15-24(26)30-27(34)17-32(3)28(22)35/h4-8,13-14,21,24,26H,9-12,15-18H2,1-3H3,(H,30,34)/t24-,26-/m0/s1. The van der Waals surface area contributed by atoms with Crippen molar-refractivity contribution in [3.8, 4) is 11.5 Å². The van der Waals surface area contributed by atoms with Crippen molar-refractivity contribution in [3.05, 3.63) is 59.2 Å². The van der Waals surface area contributed by atoms with Crippen LogP contribution in [0, 0.1) is 12.8 Å². The van der Waals surface area contributed by atoms with Crippen LogP contribution in [-0.4, -0.2) is 91.4 Å². The Labute approximate surface area is 223 Å². The number of benzene rings is 2. The first-order valence-corrected chi connectivity index (χ1v) is 13.3. The molecule has 1 N–H and O–H groups in total. The lowest BCUT2D eigenvalue weighted by atomic mass is 9.96. The van der Waals surface area contributed by atoms with Gasteiger partial charge in [0, 0.05) is 31.6 Å². The summed E-state index contributed by atoms with van der Waals surface area (Å²) in [6.45, 7) is 4.77. The highest BCUT2D eigenvalue weighted by molar-refractivity contribution is 5.96.